The van der Waals surface area contributed by atoms with Gasteiger partial charge in [0.15, 0.2) is 0 Å². The summed E-state index contributed by atoms with van der Waals surface area (Å²) < 4.78 is 0. The van der Waals surface area contributed by atoms with Gasteiger partial charge >= 0.3 is 0 Å². The molecule has 0 atom stereocenters. The molecule has 1 amide bonds. The summed E-state index contributed by atoms with van der Waals surface area (Å²) in [4.78, 5) is 13.1. The molecular weight excluding hydrogens is 152 g/mol. The van der Waals surface area contributed by atoms with Crippen LogP contribution in [-0.4, -0.2) is 30.4 Å². The summed E-state index contributed by atoms with van der Waals surface area (Å²) in [6.45, 7) is 6.30. The smallest absolute Gasteiger partial charge is 0.222 e. The normalized spacial score (nSPS) is 9.92. The number of unbranched alkanes of at least 4 members (excludes halogenated alkanes) is 1. The molecule has 0 radical (unpaired) electrons. The first-order valence-corrected chi connectivity index (χ1v) is 4.74. The molecule has 0 aliphatic rings. The van der Waals surface area contributed by atoms with Crippen LogP contribution in [0.25, 0.3) is 0 Å². The summed E-state index contributed by atoms with van der Waals surface area (Å²) >= 11 is 0. The van der Waals surface area contributed by atoms with Gasteiger partial charge in [0.25, 0.3) is 0 Å². The molecule has 0 unspecified atom stereocenters. The van der Waals surface area contributed by atoms with Gasteiger partial charge in [0, 0.05) is 19.5 Å². The van der Waals surface area contributed by atoms with Gasteiger partial charge in [-0.2, -0.15) is 0 Å². The molecule has 0 fully saturated rings. The molecule has 0 aliphatic carbocycles. The van der Waals surface area contributed by atoms with Crippen LogP contribution in [-0.2, 0) is 4.79 Å². The average Bonchev–Trinajstić information content (AvgIpc) is 2.11. The van der Waals surface area contributed by atoms with Crippen LogP contribution in [0.4, 0.5) is 0 Å². The van der Waals surface area contributed by atoms with Crippen LogP contribution >= 0.6 is 0 Å². The molecule has 0 bridgehead atoms. The van der Waals surface area contributed by atoms with E-state index in [0.29, 0.717) is 6.42 Å². The maximum Gasteiger partial charge on any atom is 0.222 e. The summed E-state index contributed by atoms with van der Waals surface area (Å²) in [5, 5.41) is 0. The average molecular weight is 172 g/mol. The molecule has 0 rings (SSSR count). The Morgan fingerprint density at radius 3 is 2.42 bits per heavy atom. The van der Waals surface area contributed by atoms with Crippen molar-refractivity contribution in [1.82, 2.24) is 4.90 Å². The molecule has 0 saturated heterocycles. The fourth-order valence-electron chi connectivity index (χ4n) is 1.13. The van der Waals surface area contributed by atoms with Crippen molar-refractivity contribution >= 4 is 5.91 Å². The molecule has 0 aromatic carbocycles. The van der Waals surface area contributed by atoms with E-state index in [1.807, 2.05) is 18.7 Å². The maximum absolute atomic E-state index is 11.2. The molecule has 0 spiro atoms. The number of amides is 1. The molecule has 72 valence electrons. The molecule has 0 saturated carbocycles. The van der Waals surface area contributed by atoms with Crippen LogP contribution in [0.15, 0.2) is 0 Å². The molecule has 12 heavy (non-hydrogen) atoms. The second kappa shape index (κ2) is 7.10. The third kappa shape index (κ3) is 4.34. The zero-order chi connectivity index (χ0) is 9.40. The maximum atomic E-state index is 11.2. The van der Waals surface area contributed by atoms with Gasteiger partial charge in [-0.15, -0.1) is 0 Å². The van der Waals surface area contributed by atoms with Gasteiger partial charge in [0.1, 0.15) is 0 Å². The van der Waals surface area contributed by atoms with Crippen molar-refractivity contribution in [2.45, 2.75) is 33.1 Å². The number of hydrogen-bond acceptors (Lipinski definition) is 2. The van der Waals surface area contributed by atoms with Crippen LogP contribution in [0.2, 0.25) is 0 Å². The van der Waals surface area contributed by atoms with Gasteiger partial charge < -0.3 is 10.6 Å². The van der Waals surface area contributed by atoms with E-state index in [1.165, 1.54) is 0 Å². The Hall–Kier alpha value is -0.570. The van der Waals surface area contributed by atoms with Crippen molar-refractivity contribution in [3.05, 3.63) is 0 Å². The third-order valence-electron chi connectivity index (χ3n) is 1.92. The summed E-state index contributed by atoms with van der Waals surface area (Å²) in [5.74, 6) is 0.245. The monoisotopic (exact) mass is 172 g/mol. The van der Waals surface area contributed by atoms with Gasteiger partial charge in [-0.05, 0) is 26.3 Å². The number of nitrogens with zero attached hydrogens (tertiary/aromatic N) is 1. The quantitative estimate of drug-likeness (QED) is 0.607. The van der Waals surface area contributed by atoms with E-state index in [0.717, 1.165) is 32.5 Å². The van der Waals surface area contributed by atoms with E-state index in [1.54, 1.807) is 0 Å². The van der Waals surface area contributed by atoms with Crippen LogP contribution in [0.3, 0.4) is 0 Å². The highest BCUT2D eigenvalue weighted by Crippen LogP contribution is 1.97. The number of carbonyl (C=O) groups excluding carboxylic acids is 1. The Labute approximate surface area is 74.9 Å². The fourth-order valence-corrected chi connectivity index (χ4v) is 1.13. The first-order valence-electron chi connectivity index (χ1n) is 4.74. The van der Waals surface area contributed by atoms with Gasteiger partial charge in [-0.3, -0.25) is 4.79 Å². The number of nitrogens with two attached hydrogens (primary N) is 1. The molecular formula is C9H20N2O. The Kier molecular flexibility index (Phi) is 6.76. The SMILES string of the molecule is CCC(=O)N(CC)CCCCN. The second-order valence-electron chi connectivity index (χ2n) is 2.82. The van der Waals surface area contributed by atoms with E-state index in [4.69, 9.17) is 5.73 Å². The number of hydrogen-bond donors (Lipinski definition) is 1. The van der Waals surface area contributed by atoms with E-state index in [-0.39, 0.29) is 5.91 Å². The Morgan fingerprint density at radius 2 is 2.00 bits per heavy atom. The lowest BCUT2D eigenvalue weighted by Gasteiger charge is -2.19. The summed E-state index contributed by atoms with van der Waals surface area (Å²) in [5.41, 5.74) is 5.36. The minimum atomic E-state index is 0.245. The van der Waals surface area contributed by atoms with E-state index in [2.05, 4.69) is 0 Å². The molecule has 3 heteroatoms. The van der Waals surface area contributed by atoms with Crippen LogP contribution in [0, 0.1) is 0 Å². The topological polar surface area (TPSA) is 46.3 Å². The highest BCUT2D eigenvalue weighted by molar-refractivity contribution is 5.75. The predicted molar refractivity (Wildman–Crippen MR) is 50.8 cm³/mol. The molecule has 0 aromatic heterocycles. The van der Waals surface area contributed by atoms with Gasteiger partial charge in [0.05, 0.1) is 0 Å². The van der Waals surface area contributed by atoms with Crippen LogP contribution in [0.5, 0.6) is 0 Å². The van der Waals surface area contributed by atoms with E-state index >= 15 is 0 Å². The largest absolute Gasteiger partial charge is 0.343 e. The standard InChI is InChI=1S/C9H20N2O/c1-3-9(12)11(4-2)8-6-5-7-10/h3-8,10H2,1-2H3. The first-order chi connectivity index (χ1) is 5.76. The van der Waals surface area contributed by atoms with E-state index in [9.17, 15) is 4.79 Å². The van der Waals surface area contributed by atoms with Crippen molar-refractivity contribution in [1.29, 1.82) is 0 Å². The summed E-state index contributed by atoms with van der Waals surface area (Å²) in [6.07, 6.45) is 2.64. The Bertz CT molecular complexity index is 126. The molecule has 0 aliphatic heterocycles. The highest BCUT2D eigenvalue weighted by Gasteiger charge is 2.07. The molecule has 3 nitrogen and oxygen atoms in total. The minimum absolute atomic E-state index is 0.245. The zero-order valence-electron chi connectivity index (χ0n) is 8.18. The predicted octanol–water partition coefficient (Wildman–Crippen LogP) is 0.984. The fraction of sp³-hybridized carbons (Fsp3) is 0.889. The lowest BCUT2D eigenvalue weighted by molar-refractivity contribution is -0.130. The highest BCUT2D eigenvalue weighted by atomic mass is 16.2. The van der Waals surface area contributed by atoms with Gasteiger partial charge in [-0.25, -0.2) is 0 Å². The number of carbonyl (C=O) groups is 1. The van der Waals surface area contributed by atoms with E-state index < -0.39 is 0 Å². The van der Waals surface area contributed by atoms with Crippen molar-refractivity contribution in [2.75, 3.05) is 19.6 Å². The Balaban J connectivity index is 3.60. The lowest BCUT2D eigenvalue weighted by Crippen LogP contribution is -2.31. The lowest BCUT2D eigenvalue weighted by atomic mass is 10.3. The van der Waals surface area contributed by atoms with Crippen molar-refractivity contribution in [3.63, 3.8) is 0 Å². The molecule has 2 N–H and O–H groups in total. The van der Waals surface area contributed by atoms with Crippen LogP contribution in [0.1, 0.15) is 33.1 Å². The molecule has 0 heterocycles. The second-order valence-corrected chi connectivity index (χ2v) is 2.82. The zero-order valence-corrected chi connectivity index (χ0v) is 8.18. The van der Waals surface area contributed by atoms with Gasteiger partial charge in [0.2, 0.25) is 5.91 Å². The first kappa shape index (κ1) is 11.4. The third-order valence-corrected chi connectivity index (χ3v) is 1.92. The van der Waals surface area contributed by atoms with Crippen molar-refractivity contribution < 1.29 is 4.79 Å². The summed E-state index contributed by atoms with van der Waals surface area (Å²) in [6, 6.07) is 0. The summed E-state index contributed by atoms with van der Waals surface area (Å²) in [7, 11) is 0. The Morgan fingerprint density at radius 1 is 1.33 bits per heavy atom. The minimum Gasteiger partial charge on any atom is -0.343 e. The van der Waals surface area contributed by atoms with Gasteiger partial charge in [-0.1, -0.05) is 6.92 Å². The van der Waals surface area contributed by atoms with Crippen molar-refractivity contribution in [3.8, 4) is 0 Å². The van der Waals surface area contributed by atoms with Crippen LogP contribution < -0.4 is 5.73 Å². The van der Waals surface area contributed by atoms with Crippen molar-refractivity contribution in [2.24, 2.45) is 5.73 Å². The number of rotatable bonds is 6. The molecule has 0 aromatic rings.